The van der Waals surface area contributed by atoms with Crippen molar-refractivity contribution in [3.05, 3.63) is 24.3 Å². The first-order valence-corrected chi connectivity index (χ1v) is 8.09. The Morgan fingerprint density at radius 1 is 1.38 bits per heavy atom. The number of carbonyl (C=O) groups is 1. The molecule has 0 bridgehead atoms. The number of hydrogen-bond acceptors (Lipinski definition) is 5. The van der Waals surface area contributed by atoms with Gasteiger partial charge in [-0.05, 0) is 31.2 Å². The zero-order valence-corrected chi connectivity index (χ0v) is 12.4. The molecule has 2 atom stereocenters. The molecule has 1 aromatic carbocycles. The van der Waals surface area contributed by atoms with Crippen molar-refractivity contribution >= 4 is 21.7 Å². The molecular weight excluding hydrogens is 296 g/mol. The van der Waals surface area contributed by atoms with Crippen LogP contribution in [0, 0.1) is 5.92 Å². The molecular formula is C13H18N2O5S. The molecule has 2 unspecified atom stereocenters. The molecule has 1 aliphatic heterocycles. The van der Waals surface area contributed by atoms with Crippen molar-refractivity contribution < 1.29 is 23.1 Å². The number of aliphatic carboxylic acids is 1. The van der Waals surface area contributed by atoms with Gasteiger partial charge in [0.05, 0.1) is 24.2 Å². The predicted octanol–water partition coefficient (Wildman–Crippen LogP) is 0.260. The monoisotopic (exact) mass is 314 g/mol. The fourth-order valence-electron chi connectivity index (χ4n) is 2.52. The predicted molar refractivity (Wildman–Crippen MR) is 76.6 cm³/mol. The van der Waals surface area contributed by atoms with Crippen LogP contribution in [-0.4, -0.2) is 45.3 Å². The fourth-order valence-corrected chi connectivity index (χ4v) is 3.04. The Balaban J connectivity index is 2.27. The molecule has 7 nitrogen and oxygen atoms in total. The highest BCUT2D eigenvalue weighted by Crippen LogP contribution is 2.26. The van der Waals surface area contributed by atoms with Crippen LogP contribution in [0.15, 0.2) is 29.2 Å². The summed E-state index contributed by atoms with van der Waals surface area (Å²) in [5.41, 5.74) is 0.742. The van der Waals surface area contributed by atoms with Crippen molar-refractivity contribution in [3.8, 4) is 0 Å². The number of ether oxygens (including phenoxy) is 1. The third-order valence-corrected chi connectivity index (χ3v) is 4.53. The molecule has 0 aliphatic carbocycles. The van der Waals surface area contributed by atoms with E-state index in [4.69, 9.17) is 9.88 Å². The lowest BCUT2D eigenvalue weighted by Gasteiger charge is -2.31. The van der Waals surface area contributed by atoms with Crippen molar-refractivity contribution in [2.75, 3.05) is 24.7 Å². The Labute approximate surface area is 123 Å². The molecule has 8 heteroatoms. The smallest absolute Gasteiger partial charge is 0.311 e. The van der Waals surface area contributed by atoms with Gasteiger partial charge in [0.15, 0.2) is 0 Å². The molecule has 1 heterocycles. The van der Waals surface area contributed by atoms with E-state index in [1.54, 1.807) is 12.1 Å². The Bertz CT molecular complexity index is 614. The molecule has 116 valence electrons. The summed E-state index contributed by atoms with van der Waals surface area (Å²) in [6.07, 6.45) is 0. The second kappa shape index (κ2) is 6.00. The van der Waals surface area contributed by atoms with E-state index in [9.17, 15) is 18.3 Å². The molecule has 3 N–H and O–H groups in total. The average molecular weight is 314 g/mol. The van der Waals surface area contributed by atoms with Gasteiger partial charge in [-0.1, -0.05) is 0 Å². The minimum Gasteiger partial charge on any atom is -0.481 e. The second-order valence-corrected chi connectivity index (χ2v) is 6.44. The molecule has 0 aromatic heterocycles. The largest absolute Gasteiger partial charge is 0.481 e. The van der Waals surface area contributed by atoms with Crippen molar-refractivity contribution in [1.29, 1.82) is 0 Å². The third-order valence-electron chi connectivity index (χ3n) is 3.61. The Kier molecular flexibility index (Phi) is 4.50. The lowest BCUT2D eigenvalue weighted by molar-refractivity contribution is -0.141. The van der Waals surface area contributed by atoms with Crippen molar-refractivity contribution in [3.63, 3.8) is 0 Å². The standard InChI is InChI=1S/C13H18N2O5S/c1-2-15(12-8-20-7-11(12)13(16)17)9-3-5-10(6-4-9)21(14,18)19/h3-6,11-12H,2,7-8H2,1H3,(H,16,17)(H2,14,18,19). The van der Waals surface area contributed by atoms with Crippen LogP contribution in [0.1, 0.15) is 6.92 Å². The highest BCUT2D eigenvalue weighted by Gasteiger charge is 2.37. The van der Waals surface area contributed by atoms with E-state index in [0.29, 0.717) is 13.2 Å². The lowest BCUT2D eigenvalue weighted by atomic mass is 10.0. The molecule has 1 fully saturated rings. The molecule has 0 amide bonds. The van der Waals surface area contributed by atoms with Gasteiger partial charge in [-0.25, -0.2) is 13.6 Å². The van der Waals surface area contributed by atoms with Crippen LogP contribution in [0.2, 0.25) is 0 Å². The number of sulfonamides is 1. The fraction of sp³-hybridized carbons (Fsp3) is 0.462. The first kappa shape index (κ1) is 15.7. The Hall–Kier alpha value is -1.64. The molecule has 1 saturated heterocycles. The van der Waals surface area contributed by atoms with Gasteiger partial charge in [0, 0.05) is 12.2 Å². The Morgan fingerprint density at radius 3 is 2.48 bits per heavy atom. The van der Waals surface area contributed by atoms with E-state index >= 15 is 0 Å². The number of rotatable bonds is 5. The van der Waals surface area contributed by atoms with Crippen LogP contribution in [0.5, 0.6) is 0 Å². The molecule has 0 radical (unpaired) electrons. The van der Waals surface area contributed by atoms with E-state index < -0.39 is 21.9 Å². The summed E-state index contributed by atoms with van der Waals surface area (Å²) >= 11 is 0. The summed E-state index contributed by atoms with van der Waals surface area (Å²) in [4.78, 5) is 13.2. The first-order valence-electron chi connectivity index (χ1n) is 6.54. The summed E-state index contributed by atoms with van der Waals surface area (Å²) in [5.74, 6) is -1.49. The van der Waals surface area contributed by atoms with Gasteiger partial charge in [0.25, 0.3) is 0 Å². The van der Waals surface area contributed by atoms with Gasteiger partial charge in [-0.3, -0.25) is 4.79 Å². The van der Waals surface area contributed by atoms with Crippen LogP contribution in [0.25, 0.3) is 0 Å². The highest BCUT2D eigenvalue weighted by atomic mass is 32.2. The Morgan fingerprint density at radius 2 is 2.00 bits per heavy atom. The quantitative estimate of drug-likeness (QED) is 0.806. The summed E-state index contributed by atoms with van der Waals surface area (Å²) in [5, 5.41) is 14.3. The number of likely N-dealkylation sites (N-methyl/N-ethyl adjacent to an activating group) is 1. The third kappa shape index (κ3) is 3.34. The number of carboxylic acids is 1. The van der Waals surface area contributed by atoms with Crippen molar-refractivity contribution in [2.24, 2.45) is 11.1 Å². The van der Waals surface area contributed by atoms with Crippen molar-refractivity contribution in [1.82, 2.24) is 0 Å². The van der Waals surface area contributed by atoms with Gasteiger partial charge in [0.2, 0.25) is 10.0 Å². The minimum absolute atomic E-state index is 0.0276. The van der Waals surface area contributed by atoms with Gasteiger partial charge in [-0.2, -0.15) is 0 Å². The number of nitrogens with zero attached hydrogens (tertiary/aromatic N) is 1. The number of nitrogens with two attached hydrogens (primary N) is 1. The number of primary sulfonamides is 1. The first-order chi connectivity index (χ1) is 9.84. The van der Waals surface area contributed by atoms with E-state index in [1.807, 2.05) is 11.8 Å². The van der Waals surface area contributed by atoms with Gasteiger partial charge < -0.3 is 14.7 Å². The minimum atomic E-state index is -3.73. The number of carboxylic acid groups (broad SMARTS) is 1. The molecule has 2 rings (SSSR count). The average Bonchev–Trinajstić information content (AvgIpc) is 2.88. The summed E-state index contributed by atoms with van der Waals surface area (Å²) in [7, 11) is -3.73. The topological polar surface area (TPSA) is 110 Å². The molecule has 1 aromatic rings. The maximum atomic E-state index is 11.2. The van der Waals surface area contributed by atoms with Crippen LogP contribution in [-0.2, 0) is 19.6 Å². The van der Waals surface area contributed by atoms with Crippen LogP contribution in [0.4, 0.5) is 5.69 Å². The van der Waals surface area contributed by atoms with Gasteiger partial charge >= 0.3 is 5.97 Å². The number of hydrogen-bond donors (Lipinski definition) is 2. The van der Waals surface area contributed by atoms with Crippen LogP contribution in [0.3, 0.4) is 0 Å². The normalized spacial score (nSPS) is 22.2. The van der Waals surface area contributed by atoms with Gasteiger partial charge in [0.1, 0.15) is 5.92 Å². The molecule has 0 saturated carbocycles. The maximum Gasteiger partial charge on any atom is 0.311 e. The van der Waals surface area contributed by atoms with Crippen LogP contribution >= 0.6 is 0 Å². The number of benzene rings is 1. The number of anilines is 1. The molecule has 21 heavy (non-hydrogen) atoms. The maximum absolute atomic E-state index is 11.2. The van der Waals surface area contributed by atoms with Crippen LogP contribution < -0.4 is 10.0 Å². The highest BCUT2D eigenvalue weighted by molar-refractivity contribution is 7.89. The van der Waals surface area contributed by atoms with Gasteiger partial charge in [-0.15, -0.1) is 0 Å². The molecule has 1 aliphatic rings. The van der Waals surface area contributed by atoms with E-state index in [2.05, 4.69) is 0 Å². The SMILES string of the molecule is CCN(c1ccc(S(N)(=O)=O)cc1)C1COCC1C(=O)O. The summed E-state index contributed by atoms with van der Waals surface area (Å²) < 4.78 is 27.8. The van der Waals surface area contributed by atoms with Crippen molar-refractivity contribution in [2.45, 2.75) is 17.9 Å². The van der Waals surface area contributed by atoms with E-state index in [0.717, 1.165) is 5.69 Å². The zero-order valence-electron chi connectivity index (χ0n) is 11.6. The van der Waals surface area contributed by atoms with E-state index in [-0.39, 0.29) is 17.5 Å². The van der Waals surface area contributed by atoms with E-state index in [1.165, 1.54) is 12.1 Å². The molecule has 0 spiro atoms. The summed E-state index contributed by atoms with van der Waals surface area (Å²) in [6.45, 7) is 3.02. The second-order valence-electron chi connectivity index (χ2n) is 4.87. The summed E-state index contributed by atoms with van der Waals surface area (Å²) in [6, 6.07) is 5.81. The zero-order chi connectivity index (χ0) is 15.6. The lowest BCUT2D eigenvalue weighted by Crippen LogP contribution is -2.43.